The van der Waals surface area contributed by atoms with Crippen LogP contribution in [0.2, 0.25) is 0 Å². The van der Waals surface area contributed by atoms with E-state index in [2.05, 4.69) is 15.2 Å². The summed E-state index contributed by atoms with van der Waals surface area (Å²) in [6, 6.07) is 0.0485. The summed E-state index contributed by atoms with van der Waals surface area (Å²) in [5.74, 6) is 0.205. The van der Waals surface area contributed by atoms with Gasteiger partial charge in [0.25, 0.3) is 0 Å². The second kappa shape index (κ2) is 6.75. The molecule has 0 saturated carbocycles. The molecule has 1 aromatic rings. The van der Waals surface area contributed by atoms with Crippen LogP contribution in [0.25, 0.3) is 0 Å². The van der Waals surface area contributed by atoms with Gasteiger partial charge >= 0.3 is 5.97 Å². The Morgan fingerprint density at radius 2 is 2.23 bits per heavy atom. The molecule has 1 aromatic heterocycles. The highest BCUT2D eigenvalue weighted by Crippen LogP contribution is 2.31. The smallest absolute Gasteiger partial charge is 0.357 e. The van der Waals surface area contributed by atoms with Crippen LogP contribution in [-0.4, -0.2) is 54.0 Å². The van der Waals surface area contributed by atoms with Gasteiger partial charge in [-0.2, -0.15) is 0 Å². The zero-order chi connectivity index (χ0) is 15.5. The van der Waals surface area contributed by atoms with Gasteiger partial charge in [-0.3, -0.25) is 9.69 Å². The van der Waals surface area contributed by atoms with Gasteiger partial charge in [-0.1, -0.05) is 0 Å². The fraction of sp³-hybridized carbons (Fsp3) is 0.667. The third-order valence-electron chi connectivity index (χ3n) is 4.35. The molecule has 1 amide bonds. The predicted octanol–water partition coefficient (Wildman–Crippen LogP) is 1.39. The molecule has 3 heterocycles. The second-order valence-corrected chi connectivity index (χ2v) is 6.59. The van der Waals surface area contributed by atoms with Crippen molar-refractivity contribution in [2.75, 3.05) is 26.2 Å². The Labute approximate surface area is 133 Å². The van der Waals surface area contributed by atoms with Crippen LogP contribution in [-0.2, 0) is 9.53 Å². The van der Waals surface area contributed by atoms with E-state index in [0.29, 0.717) is 18.2 Å². The number of nitrogens with zero attached hydrogens (tertiary/aromatic N) is 2. The maximum Gasteiger partial charge on any atom is 0.357 e. The monoisotopic (exact) mass is 323 g/mol. The van der Waals surface area contributed by atoms with Crippen molar-refractivity contribution in [2.45, 2.75) is 38.1 Å². The first-order valence-electron chi connectivity index (χ1n) is 7.83. The number of likely N-dealkylation sites (tertiary alicyclic amines) is 1. The summed E-state index contributed by atoms with van der Waals surface area (Å²) in [6.45, 7) is 4.78. The number of aromatic nitrogens is 1. The number of piperidine rings is 1. The van der Waals surface area contributed by atoms with Gasteiger partial charge < -0.3 is 10.1 Å². The van der Waals surface area contributed by atoms with Crippen molar-refractivity contribution >= 4 is 23.2 Å². The van der Waals surface area contributed by atoms with Gasteiger partial charge in [-0.05, 0) is 39.3 Å². The molecule has 3 rings (SSSR count). The van der Waals surface area contributed by atoms with Crippen LogP contribution in [0.15, 0.2) is 5.38 Å². The summed E-state index contributed by atoms with van der Waals surface area (Å²) < 4.78 is 4.98. The second-order valence-electron chi connectivity index (χ2n) is 5.70. The number of nitrogens with one attached hydrogen (secondary N) is 1. The summed E-state index contributed by atoms with van der Waals surface area (Å²) in [4.78, 5) is 30.1. The molecule has 22 heavy (non-hydrogen) atoms. The lowest BCUT2D eigenvalue weighted by Gasteiger charge is -2.33. The highest BCUT2D eigenvalue weighted by Gasteiger charge is 2.33. The van der Waals surface area contributed by atoms with E-state index in [1.807, 2.05) is 0 Å². The molecule has 0 unspecified atom stereocenters. The molecular formula is C15H21N3O3S. The first kappa shape index (κ1) is 15.4. The normalized spacial score (nSPS) is 23.5. The first-order chi connectivity index (χ1) is 10.7. The van der Waals surface area contributed by atoms with E-state index < -0.39 is 0 Å². The lowest BCUT2D eigenvalue weighted by atomic mass is 9.96. The van der Waals surface area contributed by atoms with Crippen LogP contribution in [0.5, 0.6) is 0 Å². The minimum absolute atomic E-state index is 0.0485. The Morgan fingerprint density at radius 3 is 2.86 bits per heavy atom. The molecule has 2 aliphatic rings. The van der Waals surface area contributed by atoms with Gasteiger partial charge in [0.15, 0.2) is 5.69 Å². The van der Waals surface area contributed by atoms with Crippen molar-refractivity contribution in [1.29, 1.82) is 0 Å². The minimum atomic E-state index is -0.343. The van der Waals surface area contributed by atoms with Crippen molar-refractivity contribution in [1.82, 2.24) is 15.2 Å². The molecule has 0 spiro atoms. The topological polar surface area (TPSA) is 71.5 Å². The van der Waals surface area contributed by atoms with E-state index in [-0.39, 0.29) is 17.9 Å². The number of hydrogen-bond donors (Lipinski definition) is 1. The molecule has 0 aliphatic carbocycles. The van der Waals surface area contributed by atoms with E-state index >= 15 is 0 Å². The molecule has 0 radical (unpaired) electrons. The molecule has 1 atom stereocenters. The Morgan fingerprint density at radius 1 is 1.45 bits per heavy atom. The van der Waals surface area contributed by atoms with Gasteiger partial charge in [0.1, 0.15) is 0 Å². The average Bonchev–Trinajstić information content (AvgIpc) is 3.17. The van der Waals surface area contributed by atoms with E-state index in [0.717, 1.165) is 43.9 Å². The maximum atomic E-state index is 11.8. The van der Waals surface area contributed by atoms with E-state index in [1.54, 1.807) is 12.3 Å². The average molecular weight is 323 g/mol. The number of esters is 1. The van der Waals surface area contributed by atoms with Crippen LogP contribution in [0.1, 0.15) is 47.6 Å². The molecule has 2 saturated heterocycles. The quantitative estimate of drug-likeness (QED) is 0.848. The Balaban J connectivity index is 1.57. The van der Waals surface area contributed by atoms with Crippen molar-refractivity contribution in [3.05, 3.63) is 16.1 Å². The van der Waals surface area contributed by atoms with Crippen LogP contribution in [0.3, 0.4) is 0 Å². The zero-order valence-electron chi connectivity index (χ0n) is 12.7. The van der Waals surface area contributed by atoms with Crippen LogP contribution < -0.4 is 5.32 Å². The number of rotatable bonds is 4. The number of amides is 1. The standard InChI is InChI=1S/C15H21N3O3S/c1-2-21-15(20)11-9-22-14(17-11)10-4-7-18(8-5-10)12-3-6-16-13(12)19/h9-10,12H,2-8H2,1H3,(H,16,19)/t12-/m1/s1. The Hall–Kier alpha value is -1.47. The van der Waals surface area contributed by atoms with Crippen LogP contribution >= 0.6 is 11.3 Å². The fourth-order valence-electron chi connectivity index (χ4n) is 3.16. The van der Waals surface area contributed by atoms with E-state index in [9.17, 15) is 9.59 Å². The Bertz CT molecular complexity index is 552. The molecule has 120 valence electrons. The Kier molecular flexibility index (Phi) is 4.73. The van der Waals surface area contributed by atoms with Gasteiger partial charge in [0, 0.05) is 17.8 Å². The van der Waals surface area contributed by atoms with Crippen molar-refractivity contribution in [3.8, 4) is 0 Å². The summed E-state index contributed by atoms with van der Waals surface area (Å²) in [5.41, 5.74) is 0.416. The first-order valence-corrected chi connectivity index (χ1v) is 8.71. The molecule has 6 nitrogen and oxygen atoms in total. The highest BCUT2D eigenvalue weighted by molar-refractivity contribution is 7.09. The number of carbonyl (C=O) groups is 2. The highest BCUT2D eigenvalue weighted by atomic mass is 32.1. The van der Waals surface area contributed by atoms with Crippen LogP contribution in [0.4, 0.5) is 0 Å². The number of carbonyl (C=O) groups excluding carboxylic acids is 2. The molecule has 0 bridgehead atoms. The largest absolute Gasteiger partial charge is 0.461 e. The summed E-state index contributed by atoms with van der Waals surface area (Å²) in [5, 5.41) is 5.69. The number of ether oxygens (including phenoxy) is 1. The maximum absolute atomic E-state index is 11.8. The minimum Gasteiger partial charge on any atom is -0.461 e. The molecule has 2 fully saturated rings. The predicted molar refractivity (Wildman–Crippen MR) is 83.0 cm³/mol. The summed E-state index contributed by atoms with van der Waals surface area (Å²) in [7, 11) is 0. The summed E-state index contributed by atoms with van der Waals surface area (Å²) in [6.07, 6.45) is 2.88. The zero-order valence-corrected chi connectivity index (χ0v) is 13.5. The molecule has 2 aliphatic heterocycles. The number of hydrogen-bond acceptors (Lipinski definition) is 6. The van der Waals surface area contributed by atoms with Gasteiger partial charge in [0.2, 0.25) is 5.91 Å². The lowest BCUT2D eigenvalue weighted by Crippen LogP contribution is -2.44. The van der Waals surface area contributed by atoms with Crippen LogP contribution in [0, 0.1) is 0 Å². The molecule has 0 aromatic carbocycles. The lowest BCUT2D eigenvalue weighted by molar-refractivity contribution is -0.124. The van der Waals surface area contributed by atoms with Gasteiger partial charge in [0.05, 0.1) is 17.7 Å². The summed E-state index contributed by atoms with van der Waals surface area (Å²) >= 11 is 1.53. The molecule has 7 heteroatoms. The SMILES string of the molecule is CCOC(=O)c1csc(C2CCN([C@@H]3CCNC3=O)CC2)n1. The fourth-order valence-corrected chi connectivity index (χ4v) is 4.12. The van der Waals surface area contributed by atoms with Crippen molar-refractivity contribution in [2.24, 2.45) is 0 Å². The molecular weight excluding hydrogens is 302 g/mol. The van der Waals surface area contributed by atoms with E-state index in [1.165, 1.54) is 11.3 Å². The van der Waals surface area contributed by atoms with E-state index in [4.69, 9.17) is 4.74 Å². The van der Waals surface area contributed by atoms with Gasteiger partial charge in [-0.15, -0.1) is 11.3 Å². The third-order valence-corrected chi connectivity index (χ3v) is 5.35. The molecule has 1 N–H and O–H groups in total. The van der Waals surface area contributed by atoms with Crippen molar-refractivity contribution < 1.29 is 14.3 Å². The number of thiazole rings is 1. The van der Waals surface area contributed by atoms with Gasteiger partial charge in [-0.25, -0.2) is 9.78 Å². The van der Waals surface area contributed by atoms with Crippen molar-refractivity contribution in [3.63, 3.8) is 0 Å². The third kappa shape index (κ3) is 3.15.